The maximum atomic E-state index is 13.8. The van der Waals surface area contributed by atoms with Crippen molar-refractivity contribution in [1.82, 2.24) is 14.7 Å². The molecule has 0 saturated carbocycles. The van der Waals surface area contributed by atoms with Gasteiger partial charge < -0.3 is 29.3 Å². The molecule has 9 nitrogen and oxygen atoms in total. The van der Waals surface area contributed by atoms with Gasteiger partial charge in [0.05, 0.1) is 40.4 Å². The topological polar surface area (TPSA) is 99.6 Å². The van der Waals surface area contributed by atoms with Crippen molar-refractivity contribution in [2.45, 2.75) is 68.0 Å². The minimum Gasteiger partial charge on any atom is -0.481 e. The molecule has 2 saturated heterocycles. The fourth-order valence-electron chi connectivity index (χ4n) is 8.42. The third-order valence-corrected chi connectivity index (χ3v) is 12.4. The lowest BCUT2D eigenvalue weighted by Gasteiger charge is -2.46. The summed E-state index contributed by atoms with van der Waals surface area (Å²) in [5.74, 6) is -2.17. The van der Waals surface area contributed by atoms with Crippen molar-refractivity contribution in [3.63, 3.8) is 0 Å². The third kappa shape index (κ3) is 10.5. The van der Waals surface area contributed by atoms with E-state index in [2.05, 4.69) is 17.0 Å². The zero-order chi connectivity index (χ0) is 42.0. The number of carbonyl (C=O) groups is 3. The van der Waals surface area contributed by atoms with E-state index in [1.165, 1.54) is 15.4 Å². The highest BCUT2D eigenvalue weighted by molar-refractivity contribution is 6.42. The molecule has 2 heterocycles. The summed E-state index contributed by atoms with van der Waals surface area (Å²) < 4.78 is 95.0. The van der Waals surface area contributed by atoms with Gasteiger partial charge in [0.1, 0.15) is 12.2 Å². The maximum Gasteiger partial charge on any atom is 0.416 e. The number of hydrogen-bond acceptors (Lipinski definition) is 6. The summed E-state index contributed by atoms with van der Waals surface area (Å²) in [7, 11) is 1.62. The molecule has 3 aromatic rings. The van der Waals surface area contributed by atoms with Crippen molar-refractivity contribution >= 4 is 53.4 Å². The van der Waals surface area contributed by atoms with Crippen LogP contribution in [0.25, 0.3) is 0 Å². The van der Waals surface area contributed by atoms with Crippen molar-refractivity contribution in [3.05, 3.63) is 104 Å². The molecule has 1 N–H and O–H groups in total. The number of rotatable bonds is 12. The molecule has 0 bridgehead atoms. The van der Waals surface area contributed by atoms with Gasteiger partial charge in [-0.05, 0) is 92.2 Å². The van der Waals surface area contributed by atoms with Crippen LogP contribution in [0.1, 0.15) is 70.3 Å². The van der Waals surface area contributed by atoms with Gasteiger partial charge in [0, 0.05) is 44.1 Å². The maximum absolute atomic E-state index is 13.8. The van der Waals surface area contributed by atoms with Gasteiger partial charge >= 0.3 is 18.3 Å². The van der Waals surface area contributed by atoms with E-state index in [1.807, 2.05) is 12.1 Å². The number of likely N-dealkylation sites (N-methyl/N-ethyl adjacent to an activating group) is 1. The Balaban J connectivity index is 0.00000661. The van der Waals surface area contributed by atoms with E-state index in [1.54, 1.807) is 25.2 Å². The Morgan fingerprint density at radius 1 is 0.932 bits per heavy atom. The largest absolute Gasteiger partial charge is 0.481 e. The van der Waals surface area contributed by atoms with E-state index in [0.717, 1.165) is 5.56 Å². The van der Waals surface area contributed by atoms with E-state index < -0.39 is 46.5 Å². The molecule has 0 unspecified atom stereocenters. The fourth-order valence-corrected chi connectivity index (χ4v) is 8.72. The van der Waals surface area contributed by atoms with Gasteiger partial charge in [-0.2, -0.15) is 26.3 Å². The van der Waals surface area contributed by atoms with Crippen molar-refractivity contribution in [2.24, 2.45) is 0 Å². The number of halogens is 9. The number of morpholine rings is 1. The SMILES string of the molecule is CN(CCCC(=O)O)C(=O)CO[C@H]1Cc2ccccc2C12CCN(CC[C@@]1(c3ccc(Cl)c(Cl)c3)CN(C(=O)c3cc(C(F)(F)F)cc(C(F)(F)F)c3)CCO1)CC2.Cl. The number of amides is 2. The number of benzene rings is 3. The summed E-state index contributed by atoms with van der Waals surface area (Å²) in [4.78, 5) is 42.6. The molecule has 59 heavy (non-hydrogen) atoms. The van der Waals surface area contributed by atoms with Gasteiger partial charge in [-0.3, -0.25) is 14.4 Å². The third-order valence-electron chi connectivity index (χ3n) is 11.6. The first kappa shape index (κ1) is 46.5. The van der Waals surface area contributed by atoms with Gasteiger partial charge in [0.2, 0.25) is 5.91 Å². The smallest absolute Gasteiger partial charge is 0.416 e. The Hall–Kier alpha value is -3.60. The highest BCUT2D eigenvalue weighted by Gasteiger charge is 2.50. The first-order chi connectivity index (χ1) is 27.3. The first-order valence-electron chi connectivity index (χ1n) is 18.9. The molecule has 3 aromatic carbocycles. The van der Waals surface area contributed by atoms with Crippen LogP contribution < -0.4 is 0 Å². The number of fused-ring (bicyclic) bond motifs is 2. The number of carbonyl (C=O) groups excluding carboxylic acids is 2. The predicted octanol–water partition coefficient (Wildman–Crippen LogP) is 8.51. The van der Waals surface area contributed by atoms with Gasteiger partial charge in [0.15, 0.2) is 0 Å². The number of carboxylic acid groups (broad SMARTS) is 1. The van der Waals surface area contributed by atoms with Crippen LogP contribution in [0.3, 0.4) is 0 Å². The Morgan fingerprint density at radius 3 is 2.22 bits per heavy atom. The van der Waals surface area contributed by atoms with Crippen LogP contribution in [-0.2, 0) is 48.9 Å². The summed E-state index contributed by atoms with van der Waals surface area (Å²) in [6, 6.07) is 13.8. The molecule has 322 valence electrons. The minimum atomic E-state index is -5.12. The van der Waals surface area contributed by atoms with E-state index >= 15 is 0 Å². The molecule has 3 aliphatic rings. The Kier molecular flexibility index (Phi) is 14.6. The quantitative estimate of drug-likeness (QED) is 0.182. The Morgan fingerprint density at radius 2 is 1.59 bits per heavy atom. The van der Waals surface area contributed by atoms with Crippen LogP contribution in [0.15, 0.2) is 60.7 Å². The van der Waals surface area contributed by atoms with Crippen molar-refractivity contribution in [2.75, 3.05) is 59.5 Å². The molecule has 1 aliphatic carbocycles. The highest BCUT2D eigenvalue weighted by Crippen LogP contribution is 2.48. The number of nitrogens with zero attached hydrogens (tertiary/aromatic N) is 3. The van der Waals surface area contributed by atoms with Crippen molar-refractivity contribution < 1.29 is 55.3 Å². The summed E-state index contributed by atoms with van der Waals surface area (Å²) in [5, 5.41) is 9.41. The molecule has 6 rings (SSSR count). The second-order valence-corrected chi connectivity index (χ2v) is 16.0. The van der Waals surface area contributed by atoms with E-state index in [-0.39, 0.29) is 85.1 Å². The number of alkyl halides is 6. The number of piperidine rings is 1. The van der Waals surface area contributed by atoms with Crippen LogP contribution in [-0.4, -0.2) is 103 Å². The minimum absolute atomic E-state index is 0. The standard InChI is InChI=1S/C41H43Cl2F6N3O6.ClH/c1-50(13-4-7-36(54)55)35(53)24-57-34-21-26-5-2-3-6-31(26)38(34)10-14-51(15-11-38)16-12-39(28-8-9-32(42)33(43)23-28)25-52(17-18-58-39)37(56)27-19-29(40(44,45)46)22-30(20-27)41(47,48)49;/h2-3,5-6,8-9,19-20,22-23,34H,4,7,10-18,21,24-25H2,1H3,(H,54,55);1H/t34-,39-;/m0./s1. The number of hydrogen-bond donors (Lipinski definition) is 1. The zero-order valence-corrected chi connectivity index (χ0v) is 34.3. The van der Waals surface area contributed by atoms with E-state index in [4.69, 9.17) is 37.8 Å². The van der Waals surface area contributed by atoms with Crippen LogP contribution in [0.2, 0.25) is 10.0 Å². The van der Waals surface area contributed by atoms with Crippen molar-refractivity contribution in [1.29, 1.82) is 0 Å². The normalized spacial score (nSPS) is 20.6. The van der Waals surface area contributed by atoms with E-state index in [9.17, 15) is 40.7 Å². The summed E-state index contributed by atoms with van der Waals surface area (Å²) in [6.45, 7) is 1.54. The summed E-state index contributed by atoms with van der Waals surface area (Å²) in [6.07, 6.45) is -7.93. The summed E-state index contributed by atoms with van der Waals surface area (Å²) in [5.41, 5.74) is -2.66. The van der Waals surface area contributed by atoms with Crippen LogP contribution in [0.4, 0.5) is 26.3 Å². The molecule has 0 aromatic heterocycles. The van der Waals surface area contributed by atoms with Crippen LogP contribution >= 0.6 is 35.6 Å². The number of aliphatic carboxylic acids is 1. The zero-order valence-electron chi connectivity index (χ0n) is 32.0. The Labute approximate surface area is 353 Å². The average molecular weight is 895 g/mol. The monoisotopic (exact) mass is 893 g/mol. The van der Waals surface area contributed by atoms with Gasteiger partial charge in [0.25, 0.3) is 5.91 Å². The van der Waals surface area contributed by atoms with Crippen LogP contribution in [0.5, 0.6) is 0 Å². The van der Waals surface area contributed by atoms with Gasteiger partial charge in [-0.25, -0.2) is 0 Å². The molecule has 0 radical (unpaired) electrons. The molecule has 1 spiro atoms. The molecular weight excluding hydrogens is 851 g/mol. The van der Waals surface area contributed by atoms with E-state index in [0.29, 0.717) is 69.6 Å². The second-order valence-electron chi connectivity index (χ2n) is 15.2. The average Bonchev–Trinajstić information content (AvgIpc) is 3.48. The second kappa shape index (κ2) is 18.6. The lowest BCUT2D eigenvalue weighted by atomic mass is 9.72. The molecule has 2 amide bonds. The van der Waals surface area contributed by atoms with Gasteiger partial charge in [-0.15, -0.1) is 12.4 Å². The number of ether oxygens (including phenoxy) is 2. The summed E-state index contributed by atoms with van der Waals surface area (Å²) >= 11 is 12.7. The molecule has 2 atom stereocenters. The molecular formula is C41H44Cl3F6N3O6. The lowest BCUT2D eigenvalue weighted by Crippen LogP contribution is -2.54. The Bertz CT molecular complexity index is 1980. The molecule has 2 fully saturated rings. The molecule has 2 aliphatic heterocycles. The first-order valence-corrected chi connectivity index (χ1v) is 19.6. The number of carboxylic acids is 1. The fraction of sp³-hybridized carbons (Fsp3) is 0.488. The lowest BCUT2D eigenvalue weighted by molar-refractivity contribution is -0.143. The predicted molar refractivity (Wildman–Crippen MR) is 210 cm³/mol. The molecule has 18 heteroatoms. The van der Waals surface area contributed by atoms with Crippen LogP contribution in [0, 0.1) is 0 Å². The highest BCUT2D eigenvalue weighted by atomic mass is 35.5. The van der Waals surface area contributed by atoms with Gasteiger partial charge in [-0.1, -0.05) is 53.5 Å². The number of likely N-dealkylation sites (tertiary alicyclic amines) is 1. The van der Waals surface area contributed by atoms with Crippen molar-refractivity contribution in [3.8, 4) is 0 Å².